The van der Waals surface area contributed by atoms with E-state index in [0.29, 0.717) is 11.3 Å². The molecule has 0 amide bonds. The highest BCUT2D eigenvalue weighted by Crippen LogP contribution is 2.41. The van der Waals surface area contributed by atoms with Gasteiger partial charge in [0.1, 0.15) is 11.6 Å². The summed E-state index contributed by atoms with van der Waals surface area (Å²) < 4.78 is 30.3. The van der Waals surface area contributed by atoms with Gasteiger partial charge in [-0.25, -0.2) is 14.0 Å². The Bertz CT molecular complexity index is 862. The monoisotopic (exact) mass is 331 g/mol. The Morgan fingerprint density at radius 2 is 1.70 bits per heavy atom. The third-order valence-electron chi connectivity index (χ3n) is 3.37. The smallest absolute Gasteiger partial charge is 0.413 e. The molecule has 0 heterocycles. The predicted molar refractivity (Wildman–Crippen MR) is 87.6 cm³/mol. The highest BCUT2D eigenvalue weighted by molar-refractivity contribution is 7.51. The van der Waals surface area contributed by atoms with Gasteiger partial charge in [0.2, 0.25) is 0 Å². The third kappa shape index (κ3) is 3.96. The summed E-state index contributed by atoms with van der Waals surface area (Å²) in [6, 6.07) is 18.4. The van der Waals surface area contributed by atoms with Crippen molar-refractivity contribution in [3.05, 3.63) is 78.1 Å². The fraction of sp³-hybridized carbons (Fsp3) is 0.0588. The van der Waals surface area contributed by atoms with Crippen molar-refractivity contribution < 1.29 is 18.4 Å². The van der Waals surface area contributed by atoms with Crippen LogP contribution in [0.5, 0.6) is 5.75 Å². The molecule has 0 aliphatic rings. The van der Waals surface area contributed by atoms with Crippen LogP contribution >= 0.6 is 7.75 Å². The van der Waals surface area contributed by atoms with Gasteiger partial charge >= 0.3 is 7.75 Å². The predicted octanol–water partition coefficient (Wildman–Crippen LogP) is 4.25. The molecule has 0 aliphatic heterocycles. The Balaban J connectivity index is 1.75. The molecular weight excluding hydrogens is 316 g/mol. The fourth-order valence-electron chi connectivity index (χ4n) is 2.23. The number of halogens is 1. The number of fused-ring (bicyclic) bond motifs is 1. The van der Waals surface area contributed by atoms with Crippen molar-refractivity contribution in [3.63, 3.8) is 0 Å². The molecule has 3 aromatic carbocycles. The summed E-state index contributed by atoms with van der Waals surface area (Å²) in [5.41, 5.74) is 0.683. The summed E-state index contributed by atoms with van der Waals surface area (Å²) in [6.45, 7) is 0.0961. The van der Waals surface area contributed by atoms with Crippen LogP contribution in [-0.2, 0) is 11.1 Å². The molecule has 0 fully saturated rings. The van der Waals surface area contributed by atoms with Gasteiger partial charge < -0.3 is 9.42 Å². The standard InChI is InChI=1S/C17H15FNO3P/c18-15-10-8-13(9-11-15)12-19-23(20,21)22-17-7-3-5-14-4-1-2-6-16(14)17/h1-11H,12H2,(H2,19,20,21). The summed E-state index contributed by atoms with van der Waals surface area (Å²) in [4.78, 5) is 9.99. The Labute approximate surface area is 133 Å². The van der Waals surface area contributed by atoms with Gasteiger partial charge in [0.25, 0.3) is 0 Å². The van der Waals surface area contributed by atoms with E-state index in [2.05, 4.69) is 5.09 Å². The SMILES string of the molecule is O=P(O)(NCc1ccc(F)cc1)Oc1cccc2ccccc12. The Morgan fingerprint density at radius 3 is 2.48 bits per heavy atom. The molecule has 2 N–H and O–H groups in total. The largest absolute Gasteiger partial charge is 0.456 e. The zero-order valence-corrected chi connectivity index (χ0v) is 13.0. The molecule has 1 atom stereocenters. The molecule has 0 saturated carbocycles. The molecule has 4 nitrogen and oxygen atoms in total. The maximum atomic E-state index is 12.8. The molecule has 0 saturated heterocycles. The number of hydrogen-bond donors (Lipinski definition) is 2. The topological polar surface area (TPSA) is 58.6 Å². The van der Waals surface area contributed by atoms with Crippen molar-refractivity contribution in [1.82, 2.24) is 5.09 Å². The lowest BCUT2D eigenvalue weighted by Gasteiger charge is -2.15. The lowest BCUT2D eigenvalue weighted by Crippen LogP contribution is -2.13. The molecule has 0 bridgehead atoms. The average Bonchev–Trinajstić information content (AvgIpc) is 2.54. The van der Waals surface area contributed by atoms with Crippen LogP contribution in [0.3, 0.4) is 0 Å². The second-order valence-corrected chi connectivity index (χ2v) is 6.59. The van der Waals surface area contributed by atoms with Crippen LogP contribution in [0, 0.1) is 5.82 Å². The van der Waals surface area contributed by atoms with Crippen LogP contribution in [0.2, 0.25) is 0 Å². The van der Waals surface area contributed by atoms with E-state index in [1.807, 2.05) is 30.3 Å². The van der Waals surface area contributed by atoms with E-state index in [-0.39, 0.29) is 12.4 Å². The van der Waals surface area contributed by atoms with E-state index in [9.17, 15) is 13.8 Å². The van der Waals surface area contributed by atoms with Crippen molar-refractivity contribution in [2.24, 2.45) is 0 Å². The minimum Gasteiger partial charge on any atom is -0.413 e. The first kappa shape index (κ1) is 15.7. The van der Waals surface area contributed by atoms with E-state index < -0.39 is 7.75 Å². The van der Waals surface area contributed by atoms with Gasteiger partial charge in [0.05, 0.1) is 0 Å². The second kappa shape index (κ2) is 6.50. The van der Waals surface area contributed by atoms with Crippen LogP contribution < -0.4 is 9.61 Å². The second-order valence-electron chi connectivity index (χ2n) is 5.05. The molecule has 23 heavy (non-hydrogen) atoms. The van der Waals surface area contributed by atoms with Crippen LogP contribution in [0.25, 0.3) is 10.8 Å². The van der Waals surface area contributed by atoms with Crippen LogP contribution in [0.1, 0.15) is 5.56 Å². The van der Waals surface area contributed by atoms with Gasteiger partial charge in [-0.3, -0.25) is 0 Å². The van der Waals surface area contributed by atoms with Crippen LogP contribution in [0.4, 0.5) is 4.39 Å². The van der Waals surface area contributed by atoms with E-state index in [4.69, 9.17) is 4.52 Å². The molecule has 0 aromatic heterocycles. The molecule has 0 spiro atoms. The maximum Gasteiger partial charge on any atom is 0.456 e. The van der Waals surface area contributed by atoms with Gasteiger partial charge in [0.15, 0.2) is 0 Å². The first-order chi connectivity index (χ1) is 11.0. The van der Waals surface area contributed by atoms with Crippen molar-refractivity contribution in [2.75, 3.05) is 0 Å². The Hall–Kier alpha value is -2.20. The summed E-state index contributed by atoms with van der Waals surface area (Å²) in [5, 5.41) is 4.15. The van der Waals surface area contributed by atoms with Gasteiger partial charge in [-0.15, -0.1) is 0 Å². The van der Waals surface area contributed by atoms with Gasteiger partial charge in [0, 0.05) is 11.9 Å². The van der Waals surface area contributed by atoms with Crippen molar-refractivity contribution in [3.8, 4) is 5.75 Å². The first-order valence-corrected chi connectivity index (χ1v) is 8.61. The number of nitrogens with one attached hydrogen (secondary N) is 1. The molecular formula is C17H15FNO3P. The van der Waals surface area contributed by atoms with E-state index >= 15 is 0 Å². The van der Waals surface area contributed by atoms with Crippen LogP contribution in [-0.4, -0.2) is 4.89 Å². The summed E-state index contributed by atoms with van der Waals surface area (Å²) >= 11 is 0. The number of hydrogen-bond acceptors (Lipinski definition) is 2. The Kier molecular flexibility index (Phi) is 4.44. The molecule has 3 aromatic rings. The maximum absolute atomic E-state index is 12.8. The normalized spacial score (nSPS) is 13.7. The lowest BCUT2D eigenvalue weighted by molar-refractivity contribution is 0.365. The van der Waals surface area contributed by atoms with Gasteiger partial charge in [-0.05, 0) is 29.1 Å². The first-order valence-electron chi connectivity index (χ1n) is 7.03. The van der Waals surface area contributed by atoms with Gasteiger partial charge in [-0.1, -0.05) is 48.5 Å². The summed E-state index contributed by atoms with van der Waals surface area (Å²) in [7, 11) is -4.04. The van der Waals surface area contributed by atoms with E-state index in [1.54, 1.807) is 24.3 Å². The highest BCUT2D eigenvalue weighted by Gasteiger charge is 2.21. The number of rotatable bonds is 5. The molecule has 0 radical (unpaired) electrons. The molecule has 6 heteroatoms. The van der Waals surface area contributed by atoms with E-state index in [0.717, 1.165) is 10.8 Å². The molecule has 3 rings (SSSR count). The zero-order valence-electron chi connectivity index (χ0n) is 12.1. The molecule has 1 unspecified atom stereocenters. The highest BCUT2D eigenvalue weighted by atomic mass is 31.2. The molecule has 118 valence electrons. The fourth-order valence-corrected chi connectivity index (χ4v) is 3.11. The minimum atomic E-state index is -4.04. The number of benzene rings is 3. The lowest BCUT2D eigenvalue weighted by atomic mass is 10.1. The minimum absolute atomic E-state index is 0.0961. The quantitative estimate of drug-likeness (QED) is 0.686. The zero-order chi connectivity index (χ0) is 16.3. The van der Waals surface area contributed by atoms with E-state index in [1.165, 1.54) is 12.1 Å². The average molecular weight is 331 g/mol. The Morgan fingerprint density at radius 1 is 1.00 bits per heavy atom. The van der Waals surface area contributed by atoms with Crippen molar-refractivity contribution in [2.45, 2.75) is 6.54 Å². The third-order valence-corrected chi connectivity index (χ3v) is 4.37. The van der Waals surface area contributed by atoms with Crippen molar-refractivity contribution >= 4 is 18.5 Å². The van der Waals surface area contributed by atoms with Crippen molar-refractivity contribution in [1.29, 1.82) is 0 Å². The van der Waals surface area contributed by atoms with Crippen LogP contribution in [0.15, 0.2) is 66.7 Å². The van der Waals surface area contributed by atoms with Gasteiger partial charge in [-0.2, -0.15) is 0 Å². The summed E-state index contributed by atoms with van der Waals surface area (Å²) in [6.07, 6.45) is 0. The molecule has 0 aliphatic carbocycles. The summed E-state index contributed by atoms with van der Waals surface area (Å²) in [5.74, 6) is -0.0199.